The van der Waals surface area contributed by atoms with E-state index in [1.54, 1.807) is 35.7 Å². The van der Waals surface area contributed by atoms with Gasteiger partial charge in [-0.2, -0.15) is 0 Å². The molecule has 0 radical (unpaired) electrons. The molecule has 0 aliphatic rings. The van der Waals surface area contributed by atoms with Gasteiger partial charge in [-0.1, -0.05) is 18.2 Å². The molecule has 0 bridgehead atoms. The molecule has 0 aliphatic carbocycles. The van der Waals surface area contributed by atoms with Crippen molar-refractivity contribution in [1.29, 1.82) is 0 Å². The topological polar surface area (TPSA) is 187 Å². The van der Waals surface area contributed by atoms with Crippen molar-refractivity contribution in [3.63, 3.8) is 0 Å². The van der Waals surface area contributed by atoms with Gasteiger partial charge in [-0.05, 0) is 23.1 Å². The van der Waals surface area contributed by atoms with E-state index in [0.717, 1.165) is 6.26 Å². The van der Waals surface area contributed by atoms with E-state index in [4.69, 9.17) is 0 Å². The molecule has 0 spiro atoms. The normalized spacial score (nSPS) is 13.1. The second-order valence-electron chi connectivity index (χ2n) is 6.50. The summed E-state index contributed by atoms with van der Waals surface area (Å²) in [5, 5.41) is 4.14. The number of anilines is 1. The van der Waals surface area contributed by atoms with Gasteiger partial charge >= 0.3 is 15.2 Å². The molecule has 0 unspecified atom stereocenters. The maximum Gasteiger partial charge on any atom is 0.360 e. The Morgan fingerprint density at radius 2 is 1.77 bits per heavy atom. The predicted molar refractivity (Wildman–Crippen MR) is 113 cm³/mol. The van der Waals surface area contributed by atoms with Crippen molar-refractivity contribution >= 4 is 52.4 Å². The Kier molecular flexibility index (Phi) is 6.21. The summed E-state index contributed by atoms with van der Waals surface area (Å²) in [6.07, 6.45) is 1.10. The van der Waals surface area contributed by atoms with Crippen LogP contribution in [0, 0.1) is 0 Å². The lowest BCUT2D eigenvalue weighted by Crippen LogP contribution is -2.21. The monoisotopic (exact) mass is 493 g/mol. The lowest BCUT2D eigenvalue weighted by atomic mass is 10.1. The molecule has 162 valence electrons. The van der Waals surface area contributed by atoms with Crippen LogP contribution in [0.1, 0.15) is 5.56 Å². The first-order valence-electron chi connectivity index (χ1n) is 8.13. The van der Waals surface area contributed by atoms with Gasteiger partial charge in [0.1, 0.15) is 10.6 Å². The fraction of sp³-hybridized carbons (Fsp3) is 0.200. The summed E-state index contributed by atoms with van der Waals surface area (Å²) in [7, 11) is -13.8. The van der Waals surface area contributed by atoms with Crippen molar-refractivity contribution in [2.24, 2.45) is 0 Å². The number of nitrogens with zero attached hydrogens (tertiary/aromatic N) is 2. The van der Waals surface area contributed by atoms with E-state index in [1.165, 1.54) is 11.3 Å². The van der Waals surface area contributed by atoms with Gasteiger partial charge < -0.3 is 24.9 Å². The Hall–Kier alpha value is -1.69. The van der Waals surface area contributed by atoms with E-state index < -0.39 is 30.6 Å². The molecule has 30 heavy (non-hydrogen) atoms. The van der Waals surface area contributed by atoms with Crippen molar-refractivity contribution in [3.05, 3.63) is 41.3 Å². The molecule has 15 heteroatoms. The van der Waals surface area contributed by atoms with E-state index >= 15 is 0 Å². The average molecular weight is 493 g/mol. The van der Waals surface area contributed by atoms with Crippen LogP contribution in [-0.4, -0.2) is 49.7 Å². The number of fused-ring (bicyclic) bond motifs is 1. The molecule has 2 aromatic heterocycles. The van der Waals surface area contributed by atoms with Gasteiger partial charge in [0.25, 0.3) is 0 Å². The minimum absolute atomic E-state index is 0.0953. The molecule has 11 nitrogen and oxygen atoms in total. The second kappa shape index (κ2) is 8.10. The fourth-order valence-electron chi connectivity index (χ4n) is 2.68. The lowest BCUT2D eigenvalue weighted by molar-refractivity contribution is 0.343. The van der Waals surface area contributed by atoms with Crippen LogP contribution in [-0.2, 0) is 24.7 Å². The number of aromatic nitrogens is 2. The van der Waals surface area contributed by atoms with Crippen LogP contribution in [0.3, 0.4) is 0 Å². The highest BCUT2D eigenvalue weighted by Crippen LogP contribution is 2.59. The number of sulfone groups is 1. The molecular weight excluding hydrogens is 476 g/mol. The Balaban J connectivity index is 2.11. The third kappa shape index (κ3) is 5.51. The molecule has 0 atom stereocenters. The molecule has 0 fully saturated rings. The summed E-state index contributed by atoms with van der Waals surface area (Å²) < 4.78 is 46.4. The summed E-state index contributed by atoms with van der Waals surface area (Å²) in [5.74, 6) is -0.273. The quantitative estimate of drug-likeness (QED) is 0.303. The maximum absolute atomic E-state index is 11.6. The van der Waals surface area contributed by atoms with Crippen LogP contribution in [0.25, 0.3) is 21.6 Å². The van der Waals surface area contributed by atoms with Crippen molar-refractivity contribution in [3.8, 4) is 11.4 Å². The predicted octanol–water partition coefficient (Wildman–Crippen LogP) is 1.95. The molecule has 0 saturated carbocycles. The highest BCUT2D eigenvalue weighted by atomic mass is 32.2. The number of benzene rings is 1. The highest BCUT2D eigenvalue weighted by Gasteiger charge is 2.44. The van der Waals surface area contributed by atoms with Crippen LogP contribution in [0.5, 0.6) is 0 Å². The Labute approximate surface area is 175 Å². The van der Waals surface area contributed by atoms with Gasteiger partial charge in [-0.15, -0.1) is 11.3 Å². The van der Waals surface area contributed by atoms with Crippen LogP contribution in [0.15, 0.2) is 35.7 Å². The smallest absolute Gasteiger partial charge is 0.346 e. The first-order chi connectivity index (χ1) is 13.7. The molecular formula is C15H17N3O8P2S2. The first kappa shape index (κ1) is 23.0. The zero-order valence-corrected chi connectivity index (χ0v) is 18.7. The minimum Gasteiger partial charge on any atom is -0.346 e. The molecule has 0 aliphatic heterocycles. The standard InChI is InChI=1S/C15H17N3O8P2S2/c1-30(25,26)8-9-3-2-4-10(7-9)12-16-13(11-5-6-29-14(11)17-12)18-15(27(19,20)21)28(22,23)24/h2-7,15H,8H2,1H3,(H,16,17,18)(H2,19,20,21)(H2,22,23,24). The molecule has 2 heterocycles. The number of rotatable bonds is 7. The zero-order chi connectivity index (χ0) is 22.3. The Bertz CT molecular complexity index is 1280. The summed E-state index contributed by atoms with van der Waals surface area (Å²) in [4.78, 5) is 46.5. The third-order valence-corrected chi connectivity index (χ3v) is 8.84. The fourth-order valence-corrected chi connectivity index (χ4v) is 6.38. The summed E-state index contributed by atoms with van der Waals surface area (Å²) in [5.41, 5.74) is -1.56. The summed E-state index contributed by atoms with van der Waals surface area (Å²) in [6.45, 7) is 0. The van der Waals surface area contributed by atoms with Crippen molar-refractivity contribution in [1.82, 2.24) is 9.97 Å². The Morgan fingerprint density at radius 1 is 1.10 bits per heavy atom. The van der Waals surface area contributed by atoms with E-state index in [1.807, 2.05) is 0 Å². The molecule has 5 N–H and O–H groups in total. The Morgan fingerprint density at radius 3 is 2.37 bits per heavy atom. The van der Waals surface area contributed by atoms with E-state index in [9.17, 15) is 37.1 Å². The zero-order valence-electron chi connectivity index (χ0n) is 15.3. The molecule has 3 aromatic rings. The maximum atomic E-state index is 11.6. The van der Waals surface area contributed by atoms with Crippen LogP contribution in [0.4, 0.5) is 5.82 Å². The largest absolute Gasteiger partial charge is 0.360 e. The SMILES string of the molecule is CS(=O)(=O)Cc1cccc(-c2nc(NC(P(=O)(O)O)P(=O)(O)O)c3ccsc3n2)c1. The average Bonchev–Trinajstić information content (AvgIpc) is 3.04. The van der Waals surface area contributed by atoms with Gasteiger partial charge in [0.2, 0.25) is 5.52 Å². The summed E-state index contributed by atoms with van der Waals surface area (Å²) in [6, 6.07) is 7.95. The van der Waals surface area contributed by atoms with Gasteiger partial charge in [0.15, 0.2) is 15.7 Å². The number of hydrogen-bond acceptors (Lipinski definition) is 8. The highest BCUT2D eigenvalue weighted by molar-refractivity contribution is 7.89. The van der Waals surface area contributed by atoms with Gasteiger partial charge in [0.05, 0.1) is 11.1 Å². The minimum atomic E-state index is -5.24. The molecule has 1 aromatic carbocycles. The second-order valence-corrected chi connectivity index (χ2v) is 13.3. The van der Waals surface area contributed by atoms with E-state index in [-0.39, 0.29) is 17.4 Å². The summed E-state index contributed by atoms with van der Waals surface area (Å²) >= 11 is 1.19. The first-order valence-corrected chi connectivity index (χ1v) is 14.4. The lowest BCUT2D eigenvalue weighted by Gasteiger charge is -2.21. The molecule has 0 amide bonds. The van der Waals surface area contributed by atoms with Crippen LogP contribution in [0.2, 0.25) is 0 Å². The molecule has 0 saturated heterocycles. The van der Waals surface area contributed by atoms with Gasteiger partial charge in [-0.25, -0.2) is 18.4 Å². The third-order valence-electron chi connectivity index (χ3n) is 3.84. The van der Waals surface area contributed by atoms with Crippen molar-refractivity contribution < 1.29 is 37.1 Å². The van der Waals surface area contributed by atoms with Crippen LogP contribution < -0.4 is 5.32 Å². The number of nitrogens with one attached hydrogen (secondary N) is 1. The van der Waals surface area contributed by atoms with Crippen molar-refractivity contribution in [2.45, 2.75) is 11.3 Å². The van der Waals surface area contributed by atoms with E-state index in [2.05, 4.69) is 15.3 Å². The van der Waals surface area contributed by atoms with Crippen LogP contribution >= 0.6 is 26.5 Å². The number of thiophene rings is 1. The van der Waals surface area contributed by atoms with E-state index in [0.29, 0.717) is 21.3 Å². The van der Waals surface area contributed by atoms with Gasteiger partial charge in [0, 0.05) is 11.8 Å². The van der Waals surface area contributed by atoms with Gasteiger partial charge in [-0.3, -0.25) is 9.13 Å². The molecule has 3 rings (SSSR count). The number of hydrogen-bond donors (Lipinski definition) is 5. The van der Waals surface area contributed by atoms with Crippen molar-refractivity contribution in [2.75, 3.05) is 11.6 Å².